The van der Waals surface area contributed by atoms with Crippen LogP contribution in [0.25, 0.3) is 0 Å². The molecule has 0 saturated carbocycles. The summed E-state index contributed by atoms with van der Waals surface area (Å²) in [5.41, 5.74) is 1.67. The van der Waals surface area contributed by atoms with Gasteiger partial charge in [0.05, 0.1) is 17.3 Å². The molecule has 0 radical (unpaired) electrons. The van der Waals surface area contributed by atoms with Crippen LogP contribution in [0.2, 0.25) is 5.02 Å². The van der Waals surface area contributed by atoms with Gasteiger partial charge < -0.3 is 15.5 Å². The zero-order chi connectivity index (χ0) is 14.5. The van der Waals surface area contributed by atoms with Gasteiger partial charge in [-0.1, -0.05) is 11.6 Å². The second kappa shape index (κ2) is 6.92. The lowest BCUT2D eigenvalue weighted by Crippen LogP contribution is -2.46. The number of benzene rings is 1. The molecule has 1 amide bonds. The summed E-state index contributed by atoms with van der Waals surface area (Å²) in [5.74, 6) is 0.000528. The molecule has 1 fully saturated rings. The minimum Gasteiger partial charge on any atom is -0.376 e. The number of amides is 1. The molecule has 0 aliphatic carbocycles. The van der Waals surface area contributed by atoms with Crippen molar-refractivity contribution in [3.63, 3.8) is 0 Å². The summed E-state index contributed by atoms with van der Waals surface area (Å²) in [4.78, 5) is 16.1. The van der Waals surface area contributed by atoms with E-state index in [2.05, 4.69) is 15.5 Å². The van der Waals surface area contributed by atoms with Gasteiger partial charge in [0.1, 0.15) is 0 Å². The van der Waals surface area contributed by atoms with Crippen LogP contribution in [-0.4, -0.2) is 57.6 Å². The molecule has 1 saturated heterocycles. The van der Waals surface area contributed by atoms with Gasteiger partial charge in [-0.25, -0.2) is 0 Å². The molecule has 1 aromatic rings. The number of hydrogen-bond acceptors (Lipinski definition) is 4. The van der Waals surface area contributed by atoms with E-state index in [1.807, 2.05) is 31.1 Å². The molecule has 1 heterocycles. The first-order chi connectivity index (χ1) is 9.56. The fourth-order valence-corrected chi connectivity index (χ4v) is 2.57. The largest absolute Gasteiger partial charge is 0.376 e. The van der Waals surface area contributed by atoms with Crippen LogP contribution < -0.4 is 15.5 Å². The summed E-state index contributed by atoms with van der Waals surface area (Å²) in [6.07, 6.45) is 0. The molecule has 20 heavy (non-hydrogen) atoms. The minimum absolute atomic E-state index is 0.000528. The van der Waals surface area contributed by atoms with E-state index in [9.17, 15) is 4.79 Å². The summed E-state index contributed by atoms with van der Waals surface area (Å²) in [6, 6.07) is 5.56. The van der Waals surface area contributed by atoms with Gasteiger partial charge in [0, 0.05) is 46.0 Å². The van der Waals surface area contributed by atoms with Gasteiger partial charge in [-0.15, -0.1) is 0 Å². The molecule has 0 atom stereocenters. The maximum absolute atomic E-state index is 12.0. The highest BCUT2D eigenvalue weighted by Gasteiger charge is 2.14. The molecule has 2 rings (SSSR count). The van der Waals surface area contributed by atoms with Crippen molar-refractivity contribution in [3.05, 3.63) is 23.2 Å². The smallest absolute Gasteiger partial charge is 0.238 e. The Labute approximate surface area is 124 Å². The number of carbonyl (C=O) groups excluding carboxylic acids is 1. The lowest BCUT2D eigenvalue weighted by atomic mass is 10.2. The SMILES string of the molecule is CN(C)c1ccc(NC(=O)CN2CCNCC2)cc1Cl. The average Bonchev–Trinajstić information content (AvgIpc) is 2.39. The van der Waals surface area contributed by atoms with Gasteiger partial charge in [-0.05, 0) is 18.2 Å². The van der Waals surface area contributed by atoms with E-state index in [1.165, 1.54) is 0 Å². The van der Waals surface area contributed by atoms with Crippen LogP contribution in [-0.2, 0) is 4.79 Å². The number of nitrogens with zero attached hydrogens (tertiary/aromatic N) is 2. The first-order valence-corrected chi connectivity index (χ1v) is 7.14. The van der Waals surface area contributed by atoms with E-state index < -0.39 is 0 Å². The zero-order valence-corrected chi connectivity index (χ0v) is 12.7. The van der Waals surface area contributed by atoms with Gasteiger partial charge in [-0.3, -0.25) is 9.69 Å². The Bertz CT molecular complexity index is 472. The number of nitrogens with one attached hydrogen (secondary N) is 2. The van der Waals surface area contributed by atoms with Crippen LogP contribution in [0.1, 0.15) is 0 Å². The fourth-order valence-electron chi connectivity index (χ4n) is 2.22. The van der Waals surface area contributed by atoms with Gasteiger partial charge in [0.2, 0.25) is 5.91 Å². The molecule has 6 heteroatoms. The third-order valence-corrected chi connectivity index (χ3v) is 3.59. The third kappa shape index (κ3) is 4.10. The summed E-state index contributed by atoms with van der Waals surface area (Å²) < 4.78 is 0. The average molecular weight is 297 g/mol. The van der Waals surface area contributed by atoms with E-state index in [1.54, 1.807) is 6.07 Å². The Balaban J connectivity index is 1.92. The Hall–Kier alpha value is -1.30. The lowest BCUT2D eigenvalue weighted by Gasteiger charge is -2.26. The van der Waals surface area contributed by atoms with Crippen molar-refractivity contribution in [2.45, 2.75) is 0 Å². The Morgan fingerprint density at radius 1 is 1.40 bits per heavy atom. The predicted molar refractivity (Wildman–Crippen MR) is 83.7 cm³/mol. The van der Waals surface area contributed by atoms with Crippen molar-refractivity contribution < 1.29 is 4.79 Å². The number of halogens is 1. The standard InChI is InChI=1S/C14H21ClN4O/c1-18(2)13-4-3-11(9-12(13)15)17-14(20)10-19-7-5-16-6-8-19/h3-4,9,16H,5-8,10H2,1-2H3,(H,17,20). The van der Waals surface area contributed by atoms with E-state index in [4.69, 9.17) is 11.6 Å². The third-order valence-electron chi connectivity index (χ3n) is 3.29. The molecule has 0 aromatic heterocycles. The highest BCUT2D eigenvalue weighted by Crippen LogP contribution is 2.27. The van der Waals surface area contributed by atoms with Crippen molar-refractivity contribution >= 4 is 28.9 Å². The maximum Gasteiger partial charge on any atom is 0.238 e. The molecule has 2 N–H and O–H groups in total. The number of rotatable bonds is 4. The Kier molecular flexibility index (Phi) is 5.23. The van der Waals surface area contributed by atoms with Crippen LogP contribution in [0.5, 0.6) is 0 Å². The van der Waals surface area contributed by atoms with E-state index in [0.717, 1.165) is 37.6 Å². The highest BCUT2D eigenvalue weighted by molar-refractivity contribution is 6.33. The lowest BCUT2D eigenvalue weighted by molar-refractivity contribution is -0.117. The van der Waals surface area contributed by atoms with Crippen LogP contribution in [0.3, 0.4) is 0 Å². The van der Waals surface area contributed by atoms with Gasteiger partial charge in [-0.2, -0.15) is 0 Å². The van der Waals surface area contributed by atoms with Crippen molar-refractivity contribution in [1.82, 2.24) is 10.2 Å². The van der Waals surface area contributed by atoms with Crippen molar-refractivity contribution in [2.75, 3.05) is 57.0 Å². The molecule has 5 nitrogen and oxygen atoms in total. The number of hydrogen-bond donors (Lipinski definition) is 2. The van der Waals surface area contributed by atoms with Gasteiger partial charge >= 0.3 is 0 Å². The predicted octanol–water partition coefficient (Wildman–Crippen LogP) is 1.25. The van der Waals surface area contributed by atoms with Crippen LogP contribution in [0.15, 0.2) is 18.2 Å². The second-order valence-corrected chi connectivity index (χ2v) is 5.54. The van der Waals surface area contributed by atoms with Crippen molar-refractivity contribution in [1.29, 1.82) is 0 Å². The molecule has 1 aliphatic heterocycles. The summed E-state index contributed by atoms with van der Waals surface area (Å²) in [7, 11) is 3.87. The molecule has 0 unspecified atom stereocenters. The minimum atomic E-state index is 0.000528. The van der Waals surface area contributed by atoms with E-state index >= 15 is 0 Å². The molecule has 1 aromatic carbocycles. The summed E-state index contributed by atoms with van der Waals surface area (Å²) in [6.45, 7) is 4.13. The normalized spacial score (nSPS) is 15.9. The first-order valence-electron chi connectivity index (χ1n) is 6.76. The zero-order valence-electron chi connectivity index (χ0n) is 11.9. The number of carbonyl (C=O) groups is 1. The Morgan fingerprint density at radius 2 is 2.10 bits per heavy atom. The molecule has 0 bridgehead atoms. The van der Waals surface area contributed by atoms with E-state index in [-0.39, 0.29) is 5.91 Å². The van der Waals surface area contributed by atoms with Crippen molar-refractivity contribution in [3.8, 4) is 0 Å². The molecular weight excluding hydrogens is 276 g/mol. The van der Waals surface area contributed by atoms with Crippen LogP contribution in [0, 0.1) is 0 Å². The first kappa shape index (κ1) is 15.1. The quantitative estimate of drug-likeness (QED) is 0.878. The number of anilines is 2. The topological polar surface area (TPSA) is 47.6 Å². The fraction of sp³-hybridized carbons (Fsp3) is 0.500. The van der Waals surface area contributed by atoms with Gasteiger partial charge in [0.15, 0.2) is 0 Å². The van der Waals surface area contributed by atoms with Crippen LogP contribution >= 0.6 is 11.6 Å². The molecule has 0 spiro atoms. The monoisotopic (exact) mass is 296 g/mol. The van der Waals surface area contributed by atoms with E-state index in [0.29, 0.717) is 11.6 Å². The van der Waals surface area contributed by atoms with Crippen molar-refractivity contribution in [2.24, 2.45) is 0 Å². The summed E-state index contributed by atoms with van der Waals surface area (Å²) >= 11 is 6.19. The van der Waals surface area contributed by atoms with Crippen LogP contribution in [0.4, 0.5) is 11.4 Å². The summed E-state index contributed by atoms with van der Waals surface area (Å²) in [5, 5.41) is 6.79. The van der Waals surface area contributed by atoms with Gasteiger partial charge in [0.25, 0.3) is 0 Å². The highest BCUT2D eigenvalue weighted by atomic mass is 35.5. The number of piperazine rings is 1. The molecular formula is C14H21ClN4O. The Morgan fingerprint density at radius 3 is 2.70 bits per heavy atom. The molecule has 1 aliphatic rings. The second-order valence-electron chi connectivity index (χ2n) is 5.13. The molecule has 110 valence electrons. The maximum atomic E-state index is 12.0.